The molecule has 1 aromatic rings. The minimum Gasteiger partial charge on any atom is -0.387 e. The van der Waals surface area contributed by atoms with Gasteiger partial charge in [0, 0.05) is 12.1 Å². The van der Waals surface area contributed by atoms with E-state index in [0.717, 1.165) is 13.0 Å². The van der Waals surface area contributed by atoms with Crippen LogP contribution in [0.5, 0.6) is 0 Å². The van der Waals surface area contributed by atoms with E-state index in [-0.39, 0.29) is 18.7 Å². The maximum Gasteiger partial charge on any atom is 0.129 e. The molecule has 0 saturated carbocycles. The second-order valence-corrected chi connectivity index (χ2v) is 3.93. The van der Waals surface area contributed by atoms with Crippen molar-refractivity contribution in [1.29, 1.82) is 5.26 Å². The van der Waals surface area contributed by atoms with Crippen LogP contribution in [-0.4, -0.2) is 29.6 Å². The molecule has 1 rings (SSSR count). The Balaban J connectivity index is 2.67. The van der Waals surface area contributed by atoms with Crippen LogP contribution in [0, 0.1) is 17.1 Å². The van der Waals surface area contributed by atoms with Gasteiger partial charge in [0.25, 0.3) is 0 Å². The fraction of sp³-hybridized carbons (Fsp3) is 0.462. The number of rotatable bonds is 6. The molecule has 0 bridgehead atoms. The highest BCUT2D eigenvalue weighted by Gasteiger charge is 2.15. The molecule has 1 unspecified atom stereocenters. The molecule has 0 radical (unpaired) electrons. The Hall–Kier alpha value is -1.44. The number of hydrogen-bond acceptors (Lipinski definition) is 3. The fourth-order valence-corrected chi connectivity index (χ4v) is 1.74. The first kappa shape index (κ1) is 13.6. The summed E-state index contributed by atoms with van der Waals surface area (Å²) in [6.45, 7) is 3.25. The minimum atomic E-state index is -0.893. The third-order valence-electron chi connectivity index (χ3n) is 2.53. The number of nitriles is 1. The van der Waals surface area contributed by atoms with Gasteiger partial charge in [-0.05, 0) is 19.0 Å². The number of hydrogen-bond donors (Lipinski definition) is 1. The minimum absolute atomic E-state index is 0.249. The lowest BCUT2D eigenvalue weighted by molar-refractivity contribution is 0.117. The Morgan fingerprint density at radius 1 is 1.47 bits per heavy atom. The van der Waals surface area contributed by atoms with E-state index < -0.39 is 11.9 Å². The molecule has 0 saturated heterocycles. The Bertz CT molecular complexity index is 389. The van der Waals surface area contributed by atoms with Crippen LogP contribution in [0.4, 0.5) is 4.39 Å². The molecule has 1 N–H and O–H groups in total. The van der Waals surface area contributed by atoms with Crippen molar-refractivity contribution >= 4 is 0 Å². The summed E-state index contributed by atoms with van der Waals surface area (Å²) < 4.78 is 13.4. The Kier molecular flexibility index (Phi) is 5.61. The van der Waals surface area contributed by atoms with Crippen LogP contribution in [0.2, 0.25) is 0 Å². The molecule has 0 heterocycles. The summed E-state index contributed by atoms with van der Waals surface area (Å²) in [5, 5.41) is 18.6. The van der Waals surface area contributed by atoms with E-state index in [4.69, 9.17) is 5.26 Å². The predicted molar refractivity (Wildman–Crippen MR) is 63.7 cm³/mol. The highest BCUT2D eigenvalue weighted by molar-refractivity contribution is 5.20. The average molecular weight is 236 g/mol. The van der Waals surface area contributed by atoms with Gasteiger partial charge in [-0.1, -0.05) is 25.1 Å². The van der Waals surface area contributed by atoms with E-state index in [2.05, 4.69) is 0 Å². The van der Waals surface area contributed by atoms with E-state index in [1.165, 1.54) is 6.07 Å². The summed E-state index contributed by atoms with van der Waals surface area (Å²) in [5.74, 6) is -0.409. The molecule has 92 valence electrons. The quantitative estimate of drug-likeness (QED) is 0.769. The van der Waals surface area contributed by atoms with Gasteiger partial charge in [0.15, 0.2) is 0 Å². The van der Waals surface area contributed by atoms with E-state index in [1.807, 2.05) is 17.9 Å². The predicted octanol–water partition coefficient (Wildman–Crippen LogP) is 2.09. The molecule has 0 fully saturated rings. The van der Waals surface area contributed by atoms with Gasteiger partial charge >= 0.3 is 0 Å². The second-order valence-electron chi connectivity index (χ2n) is 3.93. The molecule has 0 aliphatic rings. The normalized spacial score (nSPS) is 12.4. The Morgan fingerprint density at radius 3 is 2.76 bits per heavy atom. The third-order valence-corrected chi connectivity index (χ3v) is 2.53. The highest BCUT2D eigenvalue weighted by atomic mass is 19.1. The maximum absolute atomic E-state index is 13.4. The first-order valence-electron chi connectivity index (χ1n) is 5.70. The Labute approximate surface area is 101 Å². The van der Waals surface area contributed by atoms with E-state index in [0.29, 0.717) is 0 Å². The zero-order valence-electron chi connectivity index (χ0n) is 9.93. The number of halogens is 1. The van der Waals surface area contributed by atoms with Crippen molar-refractivity contribution < 1.29 is 9.50 Å². The summed E-state index contributed by atoms with van der Waals surface area (Å²) in [6, 6.07) is 8.22. The molecule has 0 aromatic heterocycles. The molecule has 0 spiro atoms. The highest BCUT2D eigenvalue weighted by Crippen LogP contribution is 2.17. The number of aliphatic hydroxyl groups is 1. The molecule has 3 nitrogen and oxygen atoms in total. The van der Waals surface area contributed by atoms with Gasteiger partial charge in [-0.2, -0.15) is 5.26 Å². The van der Waals surface area contributed by atoms with Gasteiger partial charge < -0.3 is 5.11 Å². The third kappa shape index (κ3) is 4.14. The first-order chi connectivity index (χ1) is 8.19. The van der Waals surface area contributed by atoms with E-state index in [9.17, 15) is 9.50 Å². The molecule has 4 heteroatoms. The topological polar surface area (TPSA) is 47.3 Å². The average Bonchev–Trinajstić information content (AvgIpc) is 2.30. The van der Waals surface area contributed by atoms with Crippen LogP contribution in [0.25, 0.3) is 0 Å². The van der Waals surface area contributed by atoms with Crippen molar-refractivity contribution in [2.75, 3.05) is 19.6 Å². The number of aliphatic hydroxyl groups excluding tert-OH is 1. The molecular weight excluding hydrogens is 219 g/mol. The van der Waals surface area contributed by atoms with Crippen LogP contribution in [0.1, 0.15) is 25.0 Å². The largest absolute Gasteiger partial charge is 0.387 e. The zero-order chi connectivity index (χ0) is 12.7. The molecular formula is C13H17FN2O. The fourth-order valence-electron chi connectivity index (χ4n) is 1.74. The van der Waals surface area contributed by atoms with Crippen molar-refractivity contribution in [3.63, 3.8) is 0 Å². The Morgan fingerprint density at radius 2 is 2.18 bits per heavy atom. The van der Waals surface area contributed by atoms with Crippen LogP contribution >= 0.6 is 0 Å². The smallest absolute Gasteiger partial charge is 0.129 e. The van der Waals surface area contributed by atoms with Gasteiger partial charge in [-0.25, -0.2) is 4.39 Å². The van der Waals surface area contributed by atoms with Gasteiger partial charge in [0.2, 0.25) is 0 Å². The summed E-state index contributed by atoms with van der Waals surface area (Å²) >= 11 is 0. The van der Waals surface area contributed by atoms with Gasteiger partial charge in [0.1, 0.15) is 5.82 Å². The van der Waals surface area contributed by atoms with Crippen LogP contribution in [0.15, 0.2) is 24.3 Å². The van der Waals surface area contributed by atoms with Crippen molar-refractivity contribution in [3.05, 3.63) is 35.6 Å². The van der Waals surface area contributed by atoms with Crippen molar-refractivity contribution in [3.8, 4) is 6.07 Å². The second kappa shape index (κ2) is 7.00. The molecule has 0 amide bonds. The van der Waals surface area contributed by atoms with Crippen molar-refractivity contribution in [2.45, 2.75) is 19.4 Å². The summed E-state index contributed by atoms with van der Waals surface area (Å²) in [5.41, 5.74) is 0.284. The van der Waals surface area contributed by atoms with E-state index >= 15 is 0 Å². The van der Waals surface area contributed by atoms with Crippen molar-refractivity contribution in [1.82, 2.24) is 4.90 Å². The zero-order valence-corrected chi connectivity index (χ0v) is 9.93. The lowest BCUT2D eigenvalue weighted by Gasteiger charge is -2.22. The number of nitrogens with zero attached hydrogens (tertiary/aromatic N) is 2. The maximum atomic E-state index is 13.4. The molecule has 17 heavy (non-hydrogen) atoms. The van der Waals surface area contributed by atoms with Gasteiger partial charge in [-0.15, -0.1) is 0 Å². The summed E-state index contributed by atoms with van der Waals surface area (Å²) in [7, 11) is 0. The number of benzene rings is 1. The lowest BCUT2D eigenvalue weighted by atomic mass is 10.1. The lowest BCUT2D eigenvalue weighted by Crippen LogP contribution is -2.30. The molecule has 0 aliphatic carbocycles. The monoisotopic (exact) mass is 236 g/mol. The summed E-state index contributed by atoms with van der Waals surface area (Å²) in [6.07, 6.45) is 0.00202. The standard InChI is InChI=1S/C13H17FN2O/c1-2-8-16(9-7-15)10-13(17)11-5-3-4-6-12(11)14/h3-6,13,17H,2,8-10H2,1H3. The molecule has 0 aliphatic heterocycles. The van der Waals surface area contributed by atoms with Gasteiger partial charge in [0.05, 0.1) is 18.7 Å². The SMILES string of the molecule is CCCN(CC#N)CC(O)c1ccccc1F. The van der Waals surface area contributed by atoms with Crippen LogP contribution in [0.3, 0.4) is 0 Å². The molecule has 1 aromatic carbocycles. The summed E-state index contributed by atoms with van der Waals surface area (Å²) in [4.78, 5) is 1.82. The van der Waals surface area contributed by atoms with Crippen LogP contribution in [-0.2, 0) is 0 Å². The van der Waals surface area contributed by atoms with Crippen LogP contribution < -0.4 is 0 Å². The van der Waals surface area contributed by atoms with E-state index in [1.54, 1.807) is 18.2 Å². The van der Waals surface area contributed by atoms with Crippen molar-refractivity contribution in [2.24, 2.45) is 0 Å². The van der Waals surface area contributed by atoms with Gasteiger partial charge in [-0.3, -0.25) is 4.90 Å². The first-order valence-corrected chi connectivity index (χ1v) is 5.70. The molecule has 1 atom stereocenters.